The van der Waals surface area contributed by atoms with Crippen LogP contribution in [0.25, 0.3) is 0 Å². The molecule has 2 heterocycles. The van der Waals surface area contributed by atoms with E-state index in [1.54, 1.807) is 29.2 Å². The van der Waals surface area contributed by atoms with E-state index < -0.39 is 11.5 Å². The molecular formula is C14H14N2O3. The lowest BCUT2D eigenvalue weighted by molar-refractivity contribution is -0.143. The molecule has 1 atom stereocenters. The number of para-hydroxylation sites is 1. The molecule has 3 rings (SSSR count). The van der Waals surface area contributed by atoms with Crippen molar-refractivity contribution < 1.29 is 14.7 Å². The normalized spacial score (nSPS) is 26.4. The number of rotatable bonds is 2. The minimum atomic E-state index is -1.62. The van der Waals surface area contributed by atoms with Crippen molar-refractivity contribution >= 4 is 23.7 Å². The second-order valence-electron chi connectivity index (χ2n) is 4.87. The van der Waals surface area contributed by atoms with E-state index in [1.807, 2.05) is 0 Å². The van der Waals surface area contributed by atoms with Crippen LogP contribution in [0.1, 0.15) is 23.2 Å². The van der Waals surface area contributed by atoms with Crippen molar-refractivity contribution in [2.45, 2.75) is 18.4 Å². The highest BCUT2D eigenvalue weighted by Gasteiger charge is 2.52. The maximum absolute atomic E-state index is 12.7. The van der Waals surface area contributed by atoms with Gasteiger partial charge in [-0.25, -0.2) is 4.79 Å². The zero-order chi connectivity index (χ0) is 13.5. The molecule has 0 saturated carbocycles. The van der Waals surface area contributed by atoms with E-state index in [0.717, 1.165) is 12.8 Å². The summed E-state index contributed by atoms with van der Waals surface area (Å²) >= 11 is 0. The van der Waals surface area contributed by atoms with Crippen LogP contribution in [-0.4, -0.2) is 46.6 Å². The molecule has 2 aliphatic heterocycles. The summed E-state index contributed by atoms with van der Waals surface area (Å²) in [6.45, 7) is 1.23. The van der Waals surface area contributed by atoms with Crippen LogP contribution in [-0.2, 0) is 4.79 Å². The molecule has 0 radical (unpaired) electrons. The first-order valence-electron chi connectivity index (χ1n) is 6.34. The van der Waals surface area contributed by atoms with Crippen LogP contribution in [0, 0.1) is 0 Å². The first-order chi connectivity index (χ1) is 9.16. The molecule has 0 bridgehead atoms. The monoisotopic (exact) mass is 258 g/mol. The third-order valence-corrected chi connectivity index (χ3v) is 3.82. The van der Waals surface area contributed by atoms with Crippen molar-refractivity contribution in [3.8, 4) is 0 Å². The van der Waals surface area contributed by atoms with E-state index in [2.05, 4.69) is 4.99 Å². The molecule has 2 aliphatic rings. The van der Waals surface area contributed by atoms with Crippen LogP contribution in [0.5, 0.6) is 0 Å². The Kier molecular flexibility index (Phi) is 2.71. The van der Waals surface area contributed by atoms with E-state index in [9.17, 15) is 14.7 Å². The Morgan fingerprint density at radius 1 is 1.26 bits per heavy atom. The molecule has 0 unspecified atom stereocenters. The predicted octanol–water partition coefficient (Wildman–Crippen LogP) is 1.50. The highest BCUT2D eigenvalue weighted by atomic mass is 16.4. The standard InChI is InChI=1S/C14H14N2O3/c17-12-10-5-1-2-6-11(10)15-9-14(12,13(18)19)16-7-3-4-8-16/h1-2,5-6,9H,3-4,7-8H2,(H,18,19)/t14-/m0/s1. The van der Waals surface area contributed by atoms with Crippen molar-refractivity contribution in [3.63, 3.8) is 0 Å². The first kappa shape index (κ1) is 12.0. The molecule has 0 amide bonds. The Morgan fingerprint density at radius 3 is 2.63 bits per heavy atom. The maximum Gasteiger partial charge on any atom is 0.338 e. The Hall–Kier alpha value is -2.01. The minimum Gasteiger partial charge on any atom is -0.479 e. The van der Waals surface area contributed by atoms with E-state index in [0.29, 0.717) is 24.3 Å². The average Bonchev–Trinajstić information content (AvgIpc) is 2.94. The van der Waals surface area contributed by atoms with Gasteiger partial charge in [-0.1, -0.05) is 12.1 Å². The van der Waals surface area contributed by atoms with Gasteiger partial charge < -0.3 is 5.11 Å². The number of fused-ring (bicyclic) bond motifs is 1. The SMILES string of the molecule is O=C(O)[C@]1(N2CCCC2)C=Nc2ccccc2C1=O. The third kappa shape index (κ3) is 1.62. The number of Topliss-reactive ketones (excluding diaryl/α,β-unsaturated/α-hetero) is 1. The molecule has 0 aliphatic carbocycles. The highest BCUT2D eigenvalue weighted by molar-refractivity contribution is 6.30. The summed E-state index contributed by atoms with van der Waals surface area (Å²) in [5.41, 5.74) is -0.687. The number of ketones is 1. The van der Waals surface area contributed by atoms with Crippen LogP contribution in [0.15, 0.2) is 29.3 Å². The lowest BCUT2D eigenvalue weighted by Crippen LogP contribution is -2.61. The number of aliphatic carboxylic acids is 1. The largest absolute Gasteiger partial charge is 0.479 e. The Bertz CT molecular complexity index is 576. The van der Waals surface area contributed by atoms with E-state index in [4.69, 9.17) is 0 Å². The summed E-state index contributed by atoms with van der Waals surface area (Å²) in [6.07, 6.45) is 3.13. The number of carboxylic acid groups (broad SMARTS) is 1. The predicted molar refractivity (Wildman–Crippen MR) is 70.1 cm³/mol. The fourth-order valence-corrected chi connectivity index (χ4v) is 2.79. The van der Waals surface area contributed by atoms with Crippen LogP contribution >= 0.6 is 0 Å². The molecule has 0 spiro atoms. The molecule has 1 aromatic rings. The molecule has 1 fully saturated rings. The van der Waals surface area contributed by atoms with Crippen LogP contribution in [0.4, 0.5) is 5.69 Å². The number of carbonyl (C=O) groups is 2. The van der Waals surface area contributed by atoms with Gasteiger partial charge in [0.25, 0.3) is 0 Å². The minimum absolute atomic E-state index is 0.382. The number of hydrogen-bond acceptors (Lipinski definition) is 4. The number of likely N-dealkylation sites (tertiary alicyclic amines) is 1. The second kappa shape index (κ2) is 4.28. The number of benzene rings is 1. The van der Waals surface area contributed by atoms with Crippen molar-refractivity contribution in [1.82, 2.24) is 4.90 Å². The lowest BCUT2D eigenvalue weighted by Gasteiger charge is -2.35. The van der Waals surface area contributed by atoms with Crippen molar-refractivity contribution in [1.29, 1.82) is 0 Å². The number of carbonyl (C=O) groups excluding carboxylic acids is 1. The third-order valence-electron chi connectivity index (χ3n) is 3.82. The van der Waals surface area contributed by atoms with Gasteiger partial charge in [-0.05, 0) is 25.0 Å². The summed E-state index contributed by atoms with van der Waals surface area (Å²) < 4.78 is 0. The molecule has 5 nitrogen and oxygen atoms in total. The Labute approximate surface area is 110 Å². The van der Waals surface area contributed by atoms with Gasteiger partial charge in [0.1, 0.15) is 0 Å². The Balaban J connectivity index is 2.13. The van der Waals surface area contributed by atoms with E-state index in [1.165, 1.54) is 6.21 Å². The first-order valence-corrected chi connectivity index (χ1v) is 6.34. The van der Waals surface area contributed by atoms with Gasteiger partial charge in [-0.15, -0.1) is 0 Å². The molecular weight excluding hydrogens is 244 g/mol. The summed E-state index contributed by atoms with van der Waals surface area (Å²) in [4.78, 5) is 30.3. The van der Waals surface area contributed by atoms with Crippen molar-refractivity contribution in [2.24, 2.45) is 4.99 Å². The van der Waals surface area contributed by atoms with Crippen LogP contribution in [0.2, 0.25) is 0 Å². The van der Waals surface area contributed by atoms with E-state index >= 15 is 0 Å². The molecule has 5 heteroatoms. The molecule has 1 N–H and O–H groups in total. The fraction of sp³-hybridized carbons (Fsp3) is 0.357. The zero-order valence-corrected chi connectivity index (χ0v) is 10.4. The van der Waals surface area contributed by atoms with Crippen molar-refractivity contribution in [2.75, 3.05) is 13.1 Å². The van der Waals surface area contributed by atoms with Gasteiger partial charge in [-0.2, -0.15) is 0 Å². The van der Waals surface area contributed by atoms with Gasteiger partial charge in [0.15, 0.2) is 0 Å². The summed E-state index contributed by atoms with van der Waals surface area (Å²) in [5.74, 6) is -1.52. The zero-order valence-electron chi connectivity index (χ0n) is 10.4. The topological polar surface area (TPSA) is 70.0 Å². The van der Waals surface area contributed by atoms with Gasteiger partial charge in [0.2, 0.25) is 11.3 Å². The van der Waals surface area contributed by atoms with Gasteiger partial charge >= 0.3 is 5.97 Å². The van der Waals surface area contributed by atoms with Crippen molar-refractivity contribution in [3.05, 3.63) is 29.8 Å². The smallest absolute Gasteiger partial charge is 0.338 e. The number of aliphatic imine (C=N–C) groups is 1. The Morgan fingerprint density at radius 2 is 1.95 bits per heavy atom. The van der Waals surface area contributed by atoms with Gasteiger partial charge in [-0.3, -0.25) is 14.7 Å². The second-order valence-corrected chi connectivity index (χ2v) is 4.87. The number of hydrogen-bond donors (Lipinski definition) is 1. The molecule has 1 aromatic carbocycles. The van der Waals surface area contributed by atoms with Gasteiger partial charge in [0, 0.05) is 24.9 Å². The van der Waals surface area contributed by atoms with Gasteiger partial charge in [0.05, 0.1) is 5.69 Å². The number of carboxylic acids is 1. The lowest BCUT2D eigenvalue weighted by atomic mass is 9.85. The average molecular weight is 258 g/mol. The maximum atomic E-state index is 12.7. The molecule has 0 aromatic heterocycles. The molecule has 1 saturated heterocycles. The van der Waals surface area contributed by atoms with Crippen LogP contribution in [0.3, 0.4) is 0 Å². The van der Waals surface area contributed by atoms with E-state index in [-0.39, 0.29) is 5.78 Å². The number of nitrogens with zero attached hydrogens (tertiary/aromatic N) is 2. The quantitative estimate of drug-likeness (QED) is 0.816. The highest BCUT2D eigenvalue weighted by Crippen LogP contribution is 2.33. The summed E-state index contributed by atoms with van der Waals surface area (Å²) in [7, 11) is 0. The molecule has 19 heavy (non-hydrogen) atoms. The fourth-order valence-electron chi connectivity index (χ4n) is 2.79. The molecule has 98 valence electrons. The summed E-state index contributed by atoms with van der Waals surface area (Å²) in [5, 5.41) is 9.59. The summed E-state index contributed by atoms with van der Waals surface area (Å²) in [6, 6.07) is 6.88. The van der Waals surface area contributed by atoms with Crippen LogP contribution < -0.4 is 0 Å².